The molecule has 0 spiro atoms. The second-order valence-electron chi connectivity index (χ2n) is 3.99. The molecule has 0 fully saturated rings. The maximum atomic E-state index is 12.4. The zero-order valence-electron chi connectivity index (χ0n) is 12.1. The summed E-state index contributed by atoms with van der Waals surface area (Å²) in [6.07, 6.45) is 0. The number of halogens is 3. The number of benzene rings is 1. The van der Waals surface area contributed by atoms with Crippen molar-refractivity contribution in [3.8, 4) is 11.5 Å². The first-order chi connectivity index (χ1) is 10.9. The lowest BCUT2D eigenvalue weighted by Gasteiger charge is -2.13. The lowest BCUT2D eigenvalue weighted by molar-refractivity contribution is -0.385. The van der Waals surface area contributed by atoms with Gasteiger partial charge in [0.25, 0.3) is 5.75 Å². The molecule has 0 saturated carbocycles. The summed E-state index contributed by atoms with van der Waals surface area (Å²) in [5.41, 5.74) is -7.46. The standard InChI is InChI=1S/C11H10F3NO8S/c1-3-22-10(16)6-4-7(15(17)18)9(8(5-6)21-2)23-24(19,20)11(12,13)14/h4-5H,3H2,1-2H3. The fraction of sp³-hybridized carbons (Fsp3) is 0.364. The average Bonchev–Trinajstić information content (AvgIpc) is 2.45. The zero-order chi connectivity index (χ0) is 18.7. The van der Waals surface area contributed by atoms with E-state index in [-0.39, 0.29) is 6.61 Å². The highest BCUT2D eigenvalue weighted by molar-refractivity contribution is 7.88. The molecule has 0 bridgehead atoms. The first kappa shape index (κ1) is 19.5. The molecule has 0 aromatic heterocycles. The minimum absolute atomic E-state index is 0.0738. The van der Waals surface area contributed by atoms with Crippen molar-refractivity contribution in [1.29, 1.82) is 0 Å². The fourth-order valence-electron chi connectivity index (χ4n) is 1.45. The van der Waals surface area contributed by atoms with Crippen molar-refractivity contribution in [1.82, 2.24) is 0 Å². The van der Waals surface area contributed by atoms with Crippen LogP contribution in [0.3, 0.4) is 0 Å². The fourth-order valence-corrected chi connectivity index (χ4v) is 1.93. The number of rotatable bonds is 6. The van der Waals surface area contributed by atoms with Crippen LogP contribution in [0.1, 0.15) is 17.3 Å². The average molecular weight is 373 g/mol. The second kappa shape index (κ2) is 6.90. The van der Waals surface area contributed by atoms with Crippen molar-refractivity contribution in [2.24, 2.45) is 0 Å². The Bertz CT molecular complexity index is 759. The van der Waals surface area contributed by atoms with Gasteiger partial charge in [-0.1, -0.05) is 0 Å². The molecular formula is C11H10F3NO8S. The quantitative estimate of drug-likeness (QED) is 0.244. The van der Waals surface area contributed by atoms with Crippen LogP contribution in [0.4, 0.5) is 18.9 Å². The minimum Gasteiger partial charge on any atom is -0.492 e. The van der Waals surface area contributed by atoms with Crippen molar-refractivity contribution in [2.75, 3.05) is 13.7 Å². The number of nitro benzene ring substituents is 1. The third-order valence-corrected chi connectivity index (χ3v) is 3.39. The van der Waals surface area contributed by atoms with E-state index in [4.69, 9.17) is 0 Å². The predicted octanol–water partition coefficient (Wildman–Crippen LogP) is 2.01. The predicted molar refractivity (Wildman–Crippen MR) is 71.2 cm³/mol. The molecule has 1 aromatic rings. The molecule has 0 unspecified atom stereocenters. The number of carbonyl (C=O) groups excluding carboxylic acids is 1. The Labute approximate surface area is 133 Å². The Hall–Kier alpha value is -2.57. The van der Waals surface area contributed by atoms with E-state index >= 15 is 0 Å². The van der Waals surface area contributed by atoms with Crippen LogP contribution >= 0.6 is 0 Å². The lowest BCUT2D eigenvalue weighted by Crippen LogP contribution is -2.28. The monoisotopic (exact) mass is 373 g/mol. The number of alkyl halides is 3. The van der Waals surface area contributed by atoms with E-state index < -0.39 is 49.3 Å². The van der Waals surface area contributed by atoms with Gasteiger partial charge < -0.3 is 13.7 Å². The van der Waals surface area contributed by atoms with Crippen LogP contribution in [-0.4, -0.2) is 38.5 Å². The largest absolute Gasteiger partial charge is 0.534 e. The van der Waals surface area contributed by atoms with Crippen LogP contribution in [0.15, 0.2) is 12.1 Å². The Balaban J connectivity index is 3.55. The van der Waals surface area contributed by atoms with Crippen LogP contribution in [0.5, 0.6) is 11.5 Å². The molecule has 0 saturated heterocycles. The molecule has 0 aliphatic rings. The van der Waals surface area contributed by atoms with Gasteiger partial charge in [-0.15, -0.1) is 0 Å². The highest BCUT2D eigenvalue weighted by Gasteiger charge is 2.50. The summed E-state index contributed by atoms with van der Waals surface area (Å²) in [6.45, 7) is 1.38. The SMILES string of the molecule is CCOC(=O)c1cc(OC)c(OS(=O)(=O)C(F)(F)F)c([N+](=O)[O-])c1. The molecule has 0 atom stereocenters. The lowest BCUT2D eigenvalue weighted by atomic mass is 10.1. The van der Waals surface area contributed by atoms with Gasteiger partial charge in [0.15, 0.2) is 5.75 Å². The topological polar surface area (TPSA) is 122 Å². The van der Waals surface area contributed by atoms with Crippen molar-refractivity contribution >= 4 is 21.8 Å². The molecule has 0 heterocycles. The van der Waals surface area contributed by atoms with Crippen LogP contribution < -0.4 is 8.92 Å². The van der Waals surface area contributed by atoms with E-state index in [1.54, 1.807) is 0 Å². The number of hydrogen-bond donors (Lipinski definition) is 0. The summed E-state index contributed by atoms with van der Waals surface area (Å²) in [7, 11) is -5.29. The molecule has 13 heteroatoms. The van der Waals surface area contributed by atoms with Gasteiger partial charge in [-0.3, -0.25) is 10.1 Å². The summed E-state index contributed by atoms with van der Waals surface area (Å²) < 4.78 is 72.3. The Kier molecular flexibility index (Phi) is 5.60. The molecule has 0 aliphatic carbocycles. The summed E-state index contributed by atoms with van der Waals surface area (Å²) in [4.78, 5) is 21.4. The first-order valence-corrected chi connectivity index (χ1v) is 7.39. The Morgan fingerprint density at radius 3 is 2.33 bits per heavy atom. The summed E-state index contributed by atoms with van der Waals surface area (Å²) in [5.74, 6) is -3.10. The van der Waals surface area contributed by atoms with Crippen molar-refractivity contribution in [3.05, 3.63) is 27.8 Å². The van der Waals surface area contributed by atoms with Gasteiger partial charge in [0.2, 0.25) is 0 Å². The maximum Gasteiger partial charge on any atom is 0.534 e. The van der Waals surface area contributed by atoms with Gasteiger partial charge in [-0.2, -0.15) is 21.6 Å². The molecule has 24 heavy (non-hydrogen) atoms. The number of nitro groups is 1. The van der Waals surface area contributed by atoms with Crippen LogP contribution in [0.25, 0.3) is 0 Å². The Morgan fingerprint density at radius 1 is 1.33 bits per heavy atom. The summed E-state index contributed by atoms with van der Waals surface area (Å²) in [6, 6.07) is 1.27. The van der Waals surface area contributed by atoms with E-state index in [0.717, 1.165) is 13.2 Å². The van der Waals surface area contributed by atoms with Crippen molar-refractivity contribution < 1.29 is 45.0 Å². The molecule has 9 nitrogen and oxygen atoms in total. The van der Waals surface area contributed by atoms with E-state index in [9.17, 15) is 36.5 Å². The molecule has 1 aromatic carbocycles. The van der Waals surface area contributed by atoms with Crippen molar-refractivity contribution in [3.63, 3.8) is 0 Å². The Morgan fingerprint density at radius 2 is 1.92 bits per heavy atom. The number of hydrogen-bond acceptors (Lipinski definition) is 8. The second-order valence-corrected chi connectivity index (χ2v) is 5.53. The van der Waals surface area contributed by atoms with Crippen LogP contribution in [-0.2, 0) is 14.9 Å². The van der Waals surface area contributed by atoms with E-state index in [1.807, 2.05) is 0 Å². The smallest absolute Gasteiger partial charge is 0.492 e. The van der Waals surface area contributed by atoms with Gasteiger partial charge >= 0.3 is 27.3 Å². The number of esters is 1. The zero-order valence-corrected chi connectivity index (χ0v) is 12.9. The maximum absolute atomic E-state index is 12.4. The molecule has 0 amide bonds. The van der Waals surface area contributed by atoms with Gasteiger partial charge in [-0.25, -0.2) is 4.79 Å². The van der Waals surface area contributed by atoms with E-state index in [1.165, 1.54) is 6.92 Å². The van der Waals surface area contributed by atoms with Gasteiger partial charge in [0, 0.05) is 6.07 Å². The molecule has 0 aliphatic heterocycles. The molecule has 0 N–H and O–H groups in total. The van der Waals surface area contributed by atoms with E-state index in [2.05, 4.69) is 13.7 Å². The highest BCUT2D eigenvalue weighted by atomic mass is 32.2. The van der Waals surface area contributed by atoms with Gasteiger partial charge in [0.05, 0.1) is 24.2 Å². The van der Waals surface area contributed by atoms with Crippen LogP contribution in [0.2, 0.25) is 0 Å². The molecule has 134 valence electrons. The number of carbonyl (C=O) groups is 1. The van der Waals surface area contributed by atoms with Gasteiger partial charge in [0.1, 0.15) is 0 Å². The summed E-state index contributed by atoms with van der Waals surface area (Å²) >= 11 is 0. The van der Waals surface area contributed by atoms with Crippen LogP contribution in [0, 0.1) is 10.1 Å². The normalized spacial score (nSPS) is 11.7. The first-order valence-electron chi connectivity index (χ1n) is 5.99. The molecule has 1 rings (SSSR count). The number of nitrogens with zero attached hydrogens (tertiary/aromatic N) is 1. The highest BCUT2D eigenvalue weighted by Crippen LogP contribution is 2.41. The number of methoxy groups -OCH3 is 1. The van der Waals surface area contributed by atoms with Crippen molar-refractivity contribution in [2.45, 2.75) is 12.4 Å². The van der Waals surface area contributed by atoms with Gasteiger partial charge in [-0.05, 0) is 13.0 Å². The third-order valence-electron chi connectivity index (χ3n) is 2.44. The third kappa shape index (κ3) is 4.04. The summed E-state index contributed by atoms with van der Waals surface area (Å²) in [5, 5.41) is 11.0. The van der Waals surface area contributed by atoms with E-state index in [0.29, 0.717) is 6.07 Å². The molecule has 0 radical (unpaired) electrons. The minimum atomic E-state index is -6.18. The molecular weight excluding hydrogens is 363 g/mol. The number of ether oxygens (including phenoxy) is 2.